The van der Waals surface area contributed by atoms with Crippen molar-refractivity contribution in [1.82, 2.24) is 4.98 Å². The van der Waals surface area contributed by atoms with Crippen molar-refractivity contribution < 1.29 is 13.9 Å². The third-order valence-corrected chi connectivity index (χ3v) is 3.20. The summed E-state index contributed by atoms with van der Waals surface area (Å²) in [6.07, 6.45) is 1.86. The summed E-state index contributed by atoms with van der Waals surface area (Å²) in [7, 11) is 0. The number of rotatable bonds is 4. The number of esters is 1. The van der Waals surface area contributed by atoms with Gasteiger partial charge in [0.2, 0.25) is 0 Å². The SMILES string of the molecule is CCOC(=O)Cc1csc(-c2ccoc2C)n1. The van der Waals surface area contributed by atoms with Crippen LogP contribution in [0.2, 0.25) is 0 Å². The van der Waals surface area contributed by atoms with Crippen molar-refractivity contribution in [1.29, 1.82) is 0 Å². The molecule has 0 aliphatic heterocycles. The Balaban J connectivity index is 2.11. The smallest absolute Gasteiger partial charge is 0.311 e. The van der Waals surface area contributed by atoms with E-state index in [2.05, 4.69) is 4.98 Å². The summed E-state index contributed by atoms with van der Waals surface area (Å²) in [5, 5.41) is 2.74. The molecule has 2 aromatic heterocycles. The quantitative estimate of drug-likeness (QED) is 0.784. The van der Waals surface area contributed by atoms with Crippen LogP contribution in [0, 0.1) is 6.92 Å². The Bertz CT molecular complexity index is 515. The second kappa shape index (κ2) is 5.14. The molecule has 0 saturated carbocycles. The van der Waals surface area contributed by atoms with E-state index in [1.807, 2.05) is 18.4 Å². The molecular formula is C12H13NO3S. The van der Waals surface area contributed by atoms with Gasteiger partial charge in [-0.15, -0.1) is 11.3 Å². The molecule has 0 atom stereocenters. The monoisotopic (exact) mass is 251 g/mol. The van der Waals surface area contributed by atoms with Crippen LogP contribution < -0.4 is 0 Å². The zero-order valence-corrected chi connectivity index (χ0v) is 10.5. The lowest BCUT2D eigenvalue weighted by Crippen LogP contribution is -2.07. The van der Waals surface area contributed by atoms with Crippen molar-refractivity contribution in [3.05, 3.63) is 29.2 Å². The number of furan rings is 1. The molecular weight excluding hydrogens is 238 g/mol. The fourth-order valence-corrected chi connectivity index (χ4v) is 2.37. The van der Waals surface area contributed by atoms with E-state index in [9.17, 15) is 4.79 Å². The van der Waals surface area contributed by atoms with E-state index in [0.717, 1.165) is 22.0 Å². The standard InChI is InChI=1S/C12H13NO3S/c1-3-15-11(14)6-9-7-17-12(13-9)10-4-5-16-8(10)2/h4-5,7H,3,6H2,1-2H3. The number of nitrogens with zero attached hydrogens (tertiary/aromatic N) is 1. The molecule has 0 bridgehead atoms. The summed E-state index contributed by atoms with van der Waals surface area (Å²) < 4.78 is 10.1. The molecule has 0 unspecified atom stereocenters. The Labute approximate surface area is 103 Å². The van der Waals surface area contributed by atoms with Gasteiger partial charge in [0.25, 0.3) is 0 Å². The molecule has 0 fully saturated rings. The molecule has 4 nitrogen and oxygen atoms in total. The number of aryl methyl sites for hydroxylation is 1. The predicted octanol–water partition coefficient (Wildman–Crippen LogP) is 2.82. The number of carbonyl (C=O) groups excluding carboxylic acids is 1. The first-order valence-corrected chi connectivity index (χ1v) is 6.23. The number of hydrogen-bond acceptors (Lipinski definition) is 5. The van der Waals surface area contributed by atoms with E-state index >= 15 is 0 Å². The lowest BCUT2D eigenvalue weighted by atomic mass is 10.3. The third-order valence-electron chi connectivity index (χ3n) is 2.27. The predicted molar refractivity (Wildman–Crippen MR) is 64.9 cm³/mol. The van der Waals surface area contributed by atoms with Crippen molar-refractivity contribution in [3.8, 4) is 10.6 Å². The summed E-state index contributed by atoms with van der Waals surface area (Å²) in [5.74, 6) is 0.593. The number of carbonyl (C=O) groups is 1. The van der Waals surface area contributed by atoms with Gasteiger partial charge in [0.05, 0.1) is 30.5 Å². The molecule has 0 aliphatic carbocycles. The van der Waals surface area contributed by atoms with Crippen LogP contribution in [0.1, 0.15) is 18.4 Å². The Morgan fingerprint density at radius 1 is 1.59 bits per heavy atom. The summed E-state index contributed by atoms with van der Waals surface area (Å²) in [6, 6.07) is 1.88. The Morgan fingerprint density at radius 3 is 3.06 bits per heavy atom. The van der Waals surface area contributed by atoms with Gasteiger partial charge in [0.1, 0.15) is 10.8 Å². The van der Waals surface area contributed by atoms with Crippen molar-refractivity contribution in [3.63, 3.8) is 0 Å². The molecule has 0 saturated heterocycles. The molecule has 2 aromatic rings. The minimum Gasteiger partial charge on any atom is -0.469 e. The van der Waals surface area contributed by atoms with E-state index in [-0.39, 0.29) is 12.4 Å². The summed E-state index contributed by atoms with van der Waals surface area (Å²) >= 11 is 1.50. The fraction of sp³-hybridized carbons (Fsp3) is 0.333. The van der Waals surface area contributed by atoms with Crippen molar-refractivity contribution in [2.24, 2.45) is 0 Å². The molecule has 0 amide bonds. The molecule has 5 heteroatoms. The van der Waals surface area contributed by atoms with Gasteiger partial charge in [-0.25, -0.2) is 4.98 Å². The van der Waals surface area contributed by atoms with Gasteiger partial charge in [-0.2, -0.15) is 0 Å². The maximum atomic E-state index is 11.3. The summed E-state index contributed by atoms with van der Waals surface area (Å²) in [4.78, 5) is 15.7. The van der Waals surface area contributed by atoms with E-state index in [4.69, 9.17) is 9.15 Å². The highest BCUT2D eigenvalue weighted by Crippen LogP contribution is 2.27. The van der Waals surface area contributed by atoms with Crippen LogP contribution in [0.3, 0.4) is 0 Å². The first-order valence-electron chi connectivity index (χ1n) is 5.35. The van der Waals surface area contributed by atoms with Crippen molar-refractivity contribution in [2.75, 3.05) is 6.61 Å². The van der Waals surface area contributed by atoms with Crippen LogP contribution in [-0.2, 0) is 16.0 Å². The van der Waals surface area contributed by atoms with Crippen LogP contribution in [0.15, 0.2) is 22.1 Å². The highest BCUT2D eigenvalue weighted by atomic mass is 32.1. The topological polar surface area (TPSA) is 52.3 Å². The van der Waals surface area contributed by atoms with Gasteiger partial charge in [0.15, 0.2) is 0 Å². The maximum absolute atomic E-state index is 11.3. The molecule has 0 radical (unpaired) electrons. The second-order valence-corrected chi connectivity index (χ2v) is 4.37. The zero-order chi connectivity index (χ0) is 12.3. The molecule has 2 heterocycles. The Kier molecular flexibility index (Phi) is 3.58. The molecule has 90 valence electrons. The van der Waals surface area contributed by atoms with Gasteiger partial charge >= 0.3 is 5.97 Å². The van der Waals surface area contributed by atoms with Crippen LogP contribution in [0.4, 0.5) is 0 Å². The van der Waals surface area contributed by atoms with E-state index in [1.165, 1.54) is 11.3 Å². The molecule has 0 aliphatic rings. The number of hydrogen-bond donors (Lipinski definition) is 0. The summed E-state index contributed by atoms with van der Waals surface area (Å²) in [5.41, 5.74) is 1.72. The number of thiazole rings is 1. The van der Waals surface area contributed by atoms with Crippen LogP contribution >= 0.6 is 11.3 Å². The zero-order valence-electron chi connectivity index (χ0n) is 9.73. The third kappa shape index (κ3) is 2.74. The molecule has 0 N–H and O–H groups in total. The van der Waals surface area contributed by atoms with Crippen molar-refractivity contribution in [2.45, 2.75) is 20.3 Å². The highest BCUT2D eigenvalue weighted by molar-refractivity contribution is 7.13. The Hall–Kier alpha value is -1.62. The van der Waals surface area contributed by atoms with Crippen LogP contribution in [-0.4, -0.2) is 17.6 Å². The first kappa shape index (κ1) is 11.9. The average Bonchev–Trinajstić information content (AvgIpc) is 2.87. The lowest BCUT2D eigenvalue weighted by Gasteiger charge is -1.98. The van der Waals surface area contributed by atoms with E-state index in [1.54, 1.807) is 13.2 Å². The maximum Gasteiger partial charge on any atom is 0.311 e. The van der Waals surface area contributed by atoms with Gasteiger partial charge in [-0.3, -0.25) is 4.79 Å². The summed E-state index contributed by atoms with van der Waals surface area (Å²) in [6.45, 7) is 4.08. The van der Waals surface area contributed by atoms with Crippen molar-refractivity contribution >= 4 is 17.3 Å². The van der Waals surface area contributed by atoms with Crippen LogP contribution in [0.5, 0.6) is 0 Å². The second-order valence-electron chi connectivity index (χ2n) is 3.52. The Morgan fingerprint density at radius 2 is 2.41 bits per heavy atom. The average molecular weight is 251 g/mol. The van der Waals surface area contributed by atoms with Gasteiger partial charge in [0, 0.05) is 5.38 Å². The highest BCUT2D eigenvalue weighted by Gasteiger charge is 2.12. The number of ether oxygens (including phenoxy) is 1. The fourth-order valence-electron chi connectivity index (χ4n) is 1.48. The first-order chi connectivity index (χ1) is 8.20. The van der Waals surface area contributed by atoms with Crippen LogP contribution in [0.25, 0.3) is 10.6 Å². The molecule has 0 spiro atoms. The lowest BCUT2D eigenvalue weighted by molar-refractivity contribution is -0.142. The molecule has 0 aromatic carbocycles. The van der Waals surface area contributed by atoms with E-state index in [0.29, 0.717) is 6.61 Å². The van der Waals surface area contributed by atoms with Gasteiger partial charge in [-0.1, -0.05) is 0 Å². The minimum absolute atomic E-state index is 0.223. The van der Waals surface area contributed by atoms with Gasteiger partial charge < -0.3 is 9.15 Å². The minimum atomic E-state index is -0.242. The van der Waals surface area contributed by atoms with E-state index < -0.39 is 0 Å². The molecule has 2 rings (SSSR count). The number of aromatic nitrogens is 1. The molecule has 17 heavy (non-hydrogen) atoms. The van der Waals surface area contributed by atoms with Gasteiger partial charge in [-0.05, 0) is 19.9 Å². The largest absolute Gasteiger partial charge is 0.469 e. The normalized spacial score (nSPS) is 10.5.